The first-order chi connectivity index (χ1) is 25.4. The van der Waals surface area contributed by atoms with Crippen molar-refractivity contribution in [1.29, 1.82) is 0 Å². The second kappa shape index (κ2) is 14.9. The second-order valence-corrected chi connectivity index (χ2v) is 12.4. The van der Waals surface area contributed by atoms with E-state index in [2.05, 4.69) is 32.1 Å². The van der Waals surface area contributed by atoms with E-state index in [1.54, 1.807) is 49.1 Å². The van der Waals surface area contributed by atoms with Gasteiger partial charge in [-0.1, -0.05) is 88.0 Å². The second-order valence-electron chi connectivity index (χ2n) is 12.4. The molecule has 2 N–H and O–H groups in total. The Morgan fingerprint density at radius 1 is 0.500 bits per heavy atom. The maximum absolute atomic E-state index is 10.5. The molecule has 10 nitrogen and oxygen atoms in total. The standard InChI is InChI=1S/C42H28N8O2.2Pt/c1-49-35-13-7-11-29(39(35)47-41(49)31-9-3-5-15-37(31)51)25-17-27(22-43-20-25)33-19-34(46-24-45-33)28-18-26(21-44-23-28)30-12-8-14-36-40(30)48-42(50(36)2)32-10-4-6-16-38(32)52;;/h3-16,19-24,51-52H,1-2H3;;/q-2;;. The smallest absolute Gasteiger partial charge is 0.143 e. The topological polar surface area (TPSA) is 128 Å². The van der Waals surface area contributed by atoms with Gasteiger partial charge in [-0.05, 0) is 61.2 Å². The number of phenols is 2. The molecule has 5 aromatic heterocycles. The minimum Gasteiger partial charge on any atom is -0.507 e. The number of rotatable bonds is 6. The zero-order valence-corrected chi connectivity index (χ0v) is 33.2. The number of aromatic nitrogens is 8. The number of imidazole rings is 2. The van der Waals surface area contributed by atoms with Crippen LogP contribution in [0.1, 0.15) is 0 Å². The van der Waals surface area contributed by atoms with Crippen molar-refractivity contribution in [2.45, 2.75) is 0 Å². The van der Waals surface area contributed by atoms with Crippen LogP contribution in [0.3, 0.4) is 0 Å². The maximum Gasteiger partial charge on any atom is 0.143 e. The molecule has 12 heteroatoms. The van der Waals surface area contributed by atoms with Crippen LogP contribution >= 0.6 is 0 Å². The molecule has 0 saturated carbocycles. The summed E-state index contributed by atoms with van der Waals surface area (Å²) in [5, 5.41) is 21.1. The van der Waals surface area contributed by atoms with Crippen LogP contribution in [0.15, 0.2) is 122 Å². The number of para-hydroxylation sites is 4. The first-order valence-corrected chi connectivity index (χ1v) is 16.5. The third kappa shape index (κ3) is 6.31. The Kier molecular flexibility index (Phi) is 10.1. The molecule has 0 saturated heterocycles. The SMILES string of the molecule is Cn1c(-c2ccccc2O)nc2c(-c3[c-]c(-c4cc(-c5[c-]c(-c6cccc7c6nc(-c6ccccc6O)n7C)cnc5)ncn4)cnc3)cccc21.[Pt].[Pt]. The van der Waals surface area contributed by atoms with Crippen molar-refractivity contribution in [2.24, 2.45) is 14.1 Å². The molecule has 0 unspecified atom stereocenters. The molecule has 0 fully saturated rings. The van der Waals surface area contributed by atoms with E-state index >= 15 is 0 Å². The van der Waals surface area contributed by atoms with Gasteiger partial charge in [0, 0.05) is 67.6 Å². The predicted octanol–water partition coefficient (Wildman–Crippen LogP) is 8.05. The van der Waals surface area contributed by atoms with E-state index in [1.807, 2.05) is 90.0 Å². The van der Waals surface area contributed by atoms with Crippen molar-refractivity contribution in [3.63, 3.8) is 0 Å². The van der Waals surface area contributed by atoms with Crippen LogP contribution in [0.5, 0.6) is 11.5 Å². The molecule has 0 radical (unpaired) electrons. The average Bonchev–Trinajstić information content (AvgIpc) is 3.71. The number of hydrogen-bond donors (Lipinski definition) is 2. The summed E-state index contributed by atoms with van der Waals surface area (Å²) in [6.07, 6.45) is 8.49. The molecule has 0 spiro atoms. The number of phenolic OH excluding ortho intramolecular Hbond substituents is 2. The van der Waals surface area contributed by atoms with Crippen LogP contribution in [0, 0.1) is 12.1 Å². The summed E-state index contributed by atoms with van der Waals surface area (Å²) in [6.45, 7) is 0. The Morgan fingerprint density at radius 2 is 0.907 bits per heavy atom. The third-order valence-corrected chi connectivity index (χ3v) is 9.27. The fourth-order valence-corrected chi connectivity index (χ4v) is 6.65. The van der Waals surface area contributed by atoms with Crippen LogP contribution < -0.4 is 0 Å². The monoisotopic (exact) mass is 1070 g/mol. The van der Waals surface area contributed by atoms with Gasteiger partial charge in [-0.25, -0.2) is 9.97 Å². The van der Waals surface area contributed by atoms with Crippen molar-refractivity contribution in [3.05, 3.63) is 134 Å². The Labute approximate surface area is 338 Å². The van der Waals surface area contributed by atoms with E-state index in [-0.39, 0.29) is 53.6 Å². The molecule has 9 aromatic rings. The van der Waals surface area contributed by atoms with Crippen molar-refractivity contribution < 1.29 is 52.3 Å². The van der Waals surface area contributed by atoms with E-state index in [9.17, 15) is 10.2 Å². The molecule has 54 heavy (non-hydrogen) atoms. The van der Waals surface area contributed by atoms with Gasteiger partial charge in [0.05, 0.1) is 39.5 Å². The van der Waals surface area contributed by atoms with E-state index in [1.165, 1.54) is 6.33 Å². The molecular weight excluding hydrogens is 1040 g/mol. The van der Waals surface area contributed by atoms with E-state index in [4.69, 9.17) is 9.97 Å². The summed E-state index contributed by atoms with van der Waals surface area (Å²) < 4.78 is 3.95. The summed E-state index contributed by atoms with van der Waals surface area (Å²) >= 11 is 0. The Bertz CT molecular complexity index is 2650. The molecule has 0 aliphatic rings. The van der Waals surface area contributed by atoms with Gasteiger partial charge in [0.15, 0.2) is 0 Å². The minimum atomic E-state index is 0. The summed E-state index contributed by atoms with van der Waals surface area (Å²) in [5.41, 5.74) is 10.6. The number of aryl methyl sites for hydroxylation is 2. The van der Waals surface area contributed by atoms with Crippen LogP contribution in [-0.2, 0) is 56.2 Å². The summed E-state index contributed by atoms with van der Waals surface area (Å²) in [4.78, 5) is 28.2. The Balaban J connectivity index is 0.00000225. The number of pyridine rings is 2. The minimum absolute atomic E-state index is 0. The molecule has 0 bridgehead atoms. The van der Waals surface area contributed by atoms with Crippen LogP contribution in [0.4, 0.5) is 0 Å². The fourth-order valence-electron chi connectivity index (χ4n) is 6.65. The molecule has 4 aromatic carbocycles. The molecule has 9 rings (SSSR count). The Hall–Kier alpha value is -5.82. The maximum atomic E-state index is 10.5. The van der Waals surface area contributed by atoms with Gasteiger partial charge in [-0.2, -0.15) is 0 Å². The van der Waals surface area contributed by atoms with Gasteiger partial charge in [0.1, 0.15) is 23.1 Å². The average molecular weight is 1070 g/mol. The molecule has 0 atom stereocenters. The zero-order valence-electron chi connectivity index (χ0n) is 28.7. The van der Waals surface area contributed by atoms with Gasteiger partial charge in [-0.3, -0.25) is 9.97 Å². The first-order valence-electron chi connectivity index (χ1n) is 16.5. The molecule has 5 heterocycles. The van der Waals surface area contributed by atoms with E-state index < -0.39 is 0 Å². The van der Waals surface area contributed by atoms with Crippen LogP contribution in [-0.4, -0.2) is 49.3 Å². The summed E-state index contributed by atoms with van der Waals surface area (Å²) in [7, 11) is 3.88. The van der Waals surface area contributed by atoms with Gasteiger partial charge >= 0.3 is 0 Å². The number of benzene rings is 4. The Morgan fingerprint density at radius 3 is 1.35 bits per heavy atom. The first kappa shape index (κ1) is 36.5. The third-order valence-electron chi connectivity index (χ3n) is 9.27. The van der Waals surface area contributed by atoms with Gasteiger partial charge < -0.3 is 29.3 Å². The largest absolute Gasteiger partial charge is 0.507 e. The normalized spacial score (nSPS) is 11.0. The van der Waals surface area contributed by atoms with E-state index in [0.29, 0.717) is 45.3 Å². The zero-order chi connectivity index (χ0) is 35.3. The number of fused-ring (bicyclic) bond motifs is 2. The summed E-state index contributed by atoms with van der Waals surface area (Å²) in [6, 6.07) is 35.2. The number of nitrogens with zero attached hydrogens (tertiary/aromatic N) is 8. The van der Waals surface area contributed by atoms with Gasteiger partial charge in [0.25, 0.3) is 0 Å². The van der Waals surface area contributed by atoms with Crippen molar-refractivity contribution >= 4 is 22.1 Å². The van der Waals surface area contributed by atoms with Gasteiger partial charge in [-0.15, -0.1) is 12.1 Å². The number of hydrogen-bond acceptors (Lipinski definition) is 8. The molecule has 270 valence electrons. The van der Waals surface area contributed by atoms with Crippen molar-refractivity contribution in [1.82, 2.24) is 39.0 Å². The molecular formula is C42H28N8O2Pt2-2. The van der Waals surface area contributed by atoms with Crippen molar-refractivity contribution in [2.75, 3.05) is 0 Å². The van der Waals surface area contributed by atoms with Crippen LogP contribution in [0.2, 0.25) is 0 Å². The quantitative estimate of drug-likeness (QED) is 0.160. The van der Waals surface area contributed by atoms with Gasteiger partial charge in [0.2, 0.25) is 0 Å². The van der Waals surface area contributed by atoms with Crippen molar-refractivity contribution in [3.8, 4) is 79.0 Å². The summed E-state index contributed by atoms with van der Waals surface area (Å²) in [5.74, 6) is 1.66. The van der Waals surface area contributed by atoms with Crippen LogP contribution in [0.25, 0.3) is 89.6 Å². The molecule has 0 amide bonds. The van der Waals surface area contributed by atoms with E-state index in [0.717, 1.165) is 44.3 Å². The molecule has 0 aliphatic heterocycles. The molecule has 0 aliphatic carbocycles. The fraction of sp³-hybridized carbons (Fsp3) is 0.0476. The number of aromatic hydroxyl groups is 2. The predicted molar refractivity (Wildman–Crippen MR) is 200 cm³/mol.